The zero-order valence-corrected chi connectivity index (χ0v) is 19.6. The van der Waals surface area contributed by atoms with Gasteiger partial charge < -0.3 is 0 Å². The van der Waals surface area contributed by atoms with Crippen molar-refractivity contribution in [2.24, 2.45) is 0 Å². The van der Waals surface area contributed by atoms with Gasteiger partial charge >= 0.3 is 0 Å². The molecule has 0 spiro atoms. The van der Waals surface area contributed by atoms with Crippen molar-refractivity contribution in [2.45, 2.75) is 5.54 Å². The lowest BCUT2D eigenvalue weighted by molar-refractivity contribution is 0.451. The van der Waals surface area contributed by atoms with E-state index in [0.29, 0.717) is 5.82 Å². The van der Waals surface area contributed by atoms with Gasteiger partial charge in [-0.25, -0.2) is 4.68 Å². The number of tetrazole rings is 1. The molecular weight excluding hydrogens is 440 g/mol. The van der Waals surface area contributed by atoms with E-state index in [1.165, 1.54) is 0 Å². The Balaban J connectivity index is 1.70. The van der Waals surface area contributed by atoms with Crippen LogP contribution in [0.1, 0.15) is 16.7 Å². The van der Waals surface area contributed by atoms with E-state index >= 15 is 0 Å². The lowest BCUT2D eigenvalue weighted by Crippen LogP contribution is -2.39. The maximum Gasteiger partial charge on any atom is 0.184 e. The Morgan fingerprint density at radius 2 is 1.00 bits per heavy atom. The Kier molecular flexibility index (Phi) is 5.68. The van der Waals surface area contributed by atoms with Crippen LogP contribution >= 0.6 is 0 Å². The van der Waals surface area contributed by atoms with Gasteiger partial charge in [-0.1, -0.05) is 140 Å². The van der Waals surface area contributed by atoms with Crippen LogP contribution < -0.4 is 0 Å². The smallest absolute Gasteiger partial charge is 0.184 e. The highest BCUT2D eigenvalue weighted by Gasteiger charge is 2.42. The van der Waals surface area contributed by atoms with Gasteiger partial charge in [0.05, 0.1) is 0 Å². The summed E-state index contributed by atoms with van der Waals surface area (Å²) in [6.07, 6.45) is 0. The summed E-state index contributed by atoms with van der Waals surface area (Å²) in [5.41, 5.74) is 5.53. The minimum absolute atomic E-state index is 0.690. The normalized spacial score (nSPS) is 11.3. The summed E-state index contributed by atoms with van der Waals surface area (Å²) < 4.78 is 1.97. The van der Waals surface area contributed by atoms with Gasteiger partial charge in [-0.2, -0.15) is 0 Å². The number of nitrogens with zero attached hydrogens (tertiary/aromatic N) is 4. The van der Waals surface area contributed by atoms with Crippen LogP contribution in [0.15, 0.2) is 140 Å². The first kappa shape index (κ1) is 21.7. The molecule has 0 aliphatic heterocycles. The maximum absolute atomic E-state index is 4.68. The van der Waals surface area contributed by atoms with Crippen molar-refractivity contribution < 1.29 is 0 Å². The van der Waals surface area contributed by atoms with Crippen LogP contribution in [0.4, 0.5) is 0 Å². The highest BCUT2D eigenvalue weighted by molar-refractivity contribution is 5.80. The first-order chi connectivity index (χ1) is 17.9. The lowest BCUT2D eigenvalue weighted by Gasteiger charge is -2.36. The molecule has 4 nitrogen and oxygen atoms in total. The van der Waals surface area contributed by atoms with E-state index in [4.69, 9.17) is 0 Å². The Bertz CT molecular complexity index is 1460. The molecule has 1 heterocycles. The molecule has 0 atom stereocenters. The molecule has 6 aromatic rings. The van der Waals surface area contributed by atoms with Crippen LogP contribution in [0, 0.1) is 6.07 Å². The highest BCUT2D eigenvalue weighted by atomic mass is 15.6. The van der Waals surface area contributed by atoms with E-state index in [-0.39, 0.29) is 0 Å². The van der Waals surface area contributed by atoms with Gasteiger partial charge in [-0.05, 0) is 44.3 Å². The zero-order valence-electron chi connectivity index (χ0n) is 19.6. The number of benzene rings is 5. The second-order valence-electron chi connectivity index (χ2n) is 8.56. The van der Waals surface area contributed by atoms with Crippen molar-refractivity contribution in [1.29, 1.82) is 0 Å². The fourth-order valence-electron chi connectivity index (χ4n) is 4.98. The Morgan fingerprint density at radius 1 is 0.528 bits per heavy atom. The first-order valence-corrected chi connectivity index (χ1v) is 11.9. The molecule has 0 unspecified atom stereocenters. The van der Waals surface area contributed by atoms with Crippen molar-refractivity contribution in [2.75, 3.05) is 0 Å². The minimum Gasteiger partial charge on any atom is -0.205 e. The standard InChI is InChI=1S/C32H23N4/c1-5-15-25(16-6-1)29-23-13-14-24-30(29)31-33-34-35-36(31)32(26-17-7-2-8-18-26,27-19-9-3-10-20-27)28-21-11-4-12-22-28/h2-24H. The molecule has 0 aliphatic rings. The third-order valence-electron chi connectivity index (χ3n) is 6.56. The summed E-state index contributed by atoms with van der Waals surface area (Å²) in [6, 6.07) is 50.7. The van der Waals surface area contributed by atoms with Crippen molar-refractivity contribution in [1.82, 2.24) is 20.2 Å². The lowest BCUT2D eigenvalue weighted by atomic mass is 9.77. The van der Waals surface area contributed by atoms with Crippen LogP contribution in [0.2, 0.25) is 0 Å². The number of hydrogen-bond acceptors (Lipinski definition) is 3. The summed E-state index contributed by atoms with van der Waals surface area (Å²) in [6.45, 7) is 0. The topological polar surface area (TPSA) is 43.6 Å². The van der Waals surface area contributed by atoms with Crippen LogP contribution in [-0.4, -0.2) is 20.2 Å². The summed E-state index contributed by atoms with van der Waals surface area (Å²) in [5, 5.41) is 13.5. The maximum atomic E-state index is 4.68. The molecule has 1 aromatic heterocycles. The molecule has 6 rings (SSSR count). The molecule has 0 N–H and O–H groups in total. The van der Waals surface area contributed by atoms with E-state index in [0.717, 1.165) is 33.4 Å². The summed E-state index contributed by atoms with van der Waals surface area (Å²) in [5.74, 6) is 0.690. The van der Waals surface area contributed by atoms with Gasteiger partial charge in [0, 0.05) is 5.56 Å². The van der Waals surface area contributed by atoms with E-state index in [1.54, 1.807) is 0 Å². The molecular formula is C32H23N4. The zero-order chi connectivity index (χ0) is 24.2. The predicted octanol–water partition coefficient (Wildman–Crippen LogP) is 6.65. The largest absolute Gasteiger partial charge is 0.205 e. The summed E-state index contributed by atoms with van der Waals surface area (Å²) >= 11 is 0. The molecule has 171 valence electrons. The molecule has 36 heavy (non-hydrogen) atoms. The third kappa shape index (κ3) is 3.60. The number of rotatable bonds is 6. The van der Waals surface area contributed by atoms with Crippen LogP contribution in [0.25, 0.3) is 22.5 Å². The van der Waals surface area contributed by atoms with Gasteiger partial charge in [0.25, 0.3) is 0 Å². The van der Waals surface area contributed by atoms with Crippen molar-refractivity contribution >= 4 is 0 Å². The summed E-state index contributed by atoms with van der Waals surface area (Å²) in [4.78, 5) is 0. The predicted molar refractivity (Wildman–Crippen MR) is 142 cm³/mol. The average molecular weight is 464 g/mol. The average Bonchev–Trinajstić information content (AvgIpc) is 3.46. The second-order valence-corrected chi connectivity index (χ2v) is 8.56. The van der Waals surface area contributed by atoms with Gasteiger partial charge in [0.2, 0.25) is 0 Å². The van der Waals surface area contributed by atoms with E-state index < -0.39 is 5.54 Å². The van der Waals surface area contributed by atoms with Gasteiger partial charge in [-0.15, -0.1) is 5.10 Å². The summed E-state index contributed by atoms with van der Waals surface area (Å²) in [7, 11) is 0. The fraction of sp³-hybridized carbons (Fsp3) is 0.0312. The Morgan fingerprint density at radius 3 is 1.53 bits per heavy atom. The molecule has 1 radical (unpaired) electrons. The number of aromatic nitrogens is 4. The van der Waals surface area contributed by atoms with E-state index in [2.05, 4.69) is 119 Å². The monoisotopic (exact) mass is 463 g/mol. The quantitative estimate of drug-likeness (QED) is 0.260. The van der Waals surface area contributed by atoms with Crippen LogP contribution in [-0.2, 0) is 5.54 Å². The molecule has 0 amide bonds. The number of hydrogen-bond donors (Lipinski definition) is 0. The first-order valence-electron chi connectivity index (χ1n) is 11.9. The van der Waals surface area contributed by atoms with Crippen LogP contribution in [0.3, 0.4) is 0 Å². The molecule has 5 aromatic carbocycles. The molecule has 4 heteroatoms. The van der Waals surface area contributed by atoms with Gasteiger partial charge in [0.1, 0.15) is 5.54 Å². The molecule has 0 fully saturated rings. The van der Waals surface area contributed by atoms with Gasteiger partial charge in [-0.3, -0.25) is 0 Å². The van der Waals surface area contributed by atoms with E-state index in [1.807, 2.05) is 47.1 Å². The molecule has 0 aliphatic carbocycles. The van der Waals surface area contributed by atoms with E-state index in [9.17, 15) is 0 Å². The molecule has 0 saturated heterocycles. The fourth-order valence-corrected chi connectivity index (χ4v) is 4.98. The minimum atomic E-state index is -0.791. The highest BCUT2D eigenvalue weighted by Crippen LogP contribution is 2.43. The van der Waals surface area contributed by atoms with Crippen molar-refractivity contribution in [3.05, 3.63) is 162 Å². The van der Waals surface area contributed by atoms with Crippen molar-refractivity contribution in [3.8, 4) is 22.5 Å². The second kappa shape index (κ2) is 9.43. The van der Waals surface area contributed by atoms with Crippen LogP contribution in [0.5, 0.6) is 0 Å². The van der Waals surface area contributed by atoms with Crippen molar-refractivity contribution in [3.63, 3.8) is 0 Å². The Labute approximate surface area is 210 Å². The SMILES string of the molecule is [c]1ccc(-c2ccccc2-c2nnnn2C(c2ccccc2)(c2ccccc2)c2ccccc2)cc1. The Hall–Kier alpha value is -4.83. The molecule has 0 saturated carbocycles. The van der Waals surface area contributed by atoms with Gasteiger partial charge in [0.15, 0.2) is 5.82 Å². The third-order valence-corrected chi connectivity index (χ3v) is 6.56. The molecule has 0 bridgehead atoms.